The second-order valence-corrected chi connectivity index (χ2v) is 6.43. The zero-order valence-corrected chi connectivity index (χ0v) is 11.3. The van der Waals surface area contributed by atoms with Gasteiger partial charge in [-0.25, -0.2) is 0 Å². The van der Waals surface area contributed by atoms with Gasteiger partial charge in [-0.2, -0.15) is 0 Å². The van der Waals surface area contributed by atoms with Crippen molar-refractivity contribution in [3.05, 3.63) is 0 Å². The fourth-order valence-electron chi connectivity index (χ4n) is 1.96. The molecule has 0 bridgehead atoms. The molecular formula is C13H26N2O. The average molecular weight is 226 g/mol. The molecule has 0 aliphatic carbocycles. The van der Waals surface area contributed by atoms with Crippen LogP contribution in [-0.2, 0) is 4.79 Å². The molecule has 1 amide bonds. The molecule has 1 fully saturated rings. The van der Waals surface area contributed by atoms with Gasteiger partial charge in [-0.15, -0.1) is 0 Å². The van der Waals surface area contributed by atoms with Crippen LogP contribution in [0.1, 0.15) is 41.0 Å². The summed E-state index contributed by atoms with van der Waals surface area (Å²) in [4.78, 5) is 14.0. The fourth-order valence-corrected chi connectivity index (χ4v) is 1.96. The maximum Gasteiger partial charge on any atom is 0.224 e. The van der Waals surface area contributed by atoms with Crippen LogP contribution >= 0.6 is 0 Å². The molecule has 1 heterocycles. The second kappa shape index (κ2) is 4.74. The summed E-state index contributed by atoms with van der Waals surface area (Å²) in [6.07, 6.45) is 0.475. The van der Waals surface area contributed by atoms with Crippen LogP contribution in [0, 0.1) is 17.3 Å². The highest BCUT2D eigenvalue weighted by Gasteiger charge is 2.31. The number of amides is 1. The largest absolute Gasteiger partial charge is 0.342 e. The van der Waals surface area contributed by atoms with Gasteiger partial charge >= 0.3 is 0 Å². The van der Waals surface area contributed by atoms with E-state index in [1.807, 2.05) is 4.90 Å². The highest BCUT2D eigenvalue weighted by Crippen LogP contribution is 2.25. The summed E-state index contributed by atoms with van der Waals surface area (Å²) < 4.78 is 0. The monoisotopic (exact) mass is 226 g/mol. The summed E-state index contributed by atoms with van der Waals surface area (Å²) in [5, 5.41) is 0. The zero-order chi connectivity index (χ0) is 12.5. The number of carbonyl (C=O) groups excluding carboxylic acids is 1. The molecule has 0 radical (unpaired) electrons. The molecule has 1 rings (SSSR count). The fraction of sp³-hybridized carbons (Fsp3) is 0.923. The first kappa shape index (κ1) is 13.5. The molecule has 16 heavy (non-hydrogen) atoms. The Morgan fingerprint density at radius 3 is 2.12 bits per heavy atom. The van der Waals surface area contributed by atoms with E-state index in [4.69, 9.17) is 5.73 Å². The highest BCUT2D eigenvalue weighted by molar-refractivity contribution is 5.77. The number of rotatable bonds is 2. The summed E-state index contributed by atoms with van der Waals surface area (Å²) in [6.45, 7) is 12.5. The Balaban J connectivity index is 2.48. The Hall–Kier alpha value is -0.570. The van der Waals surface area contributed by atoms with E-state index >= 15 is 0 Å². The minimum absolute atomic E-state index is 0.00656. The predicted molar refractivity (Wildman–Crippen MR) is 67.0 cm³/mol. The van der Waals surface area contributed by atoms with Crippen molar-refractivity contribution in [1.82, 2.24) is 4.90 Å². The van der Waals surface area contributed by atoms with Crippen molar-refractivity contribution in [3.8, 4) is 0 Å². The lowest BCUT2D eigenvalue weighted by atomic mass is 9.85. The van der Waals surface area contributed by atoms with E-state index in [-0.39, 0.29) is 17.4 Å². The lowest BCUT2D eigenvalue weighted by molar-refractivity contribution is -0.131. The highest BCUT2D eigenvalue weighted by atomic mass is 16.2. The molecule has 2 N–H and O–H groups in total. The molecule has 0 aromatic heterocycles. The van der Waals surface area contributed by atoms with Gasteiger partial charge in [-0.3, -0.25) is 4.79 Å². The predicted octanol–water partition coefficient (Wildman–Crippen LogP) is 1.86. The summed E-state index contributed by atoms with van der Waals surface area (Å²) in [7, 11) is 0. The maximum absolute atomic E-state index is 12.0. The quantitative estimate of drug-likeness (QED) is 0.781. The lowest BCUT2D eigenvalue weighted by Crippen LogP contribution is -2.41. The van der Waals surface area contributed by atoms with Crippen molar-refractivity contribution in [1.29, 1.82) is 0 Å². The van der Waals surface area contributed by atoms with Crippen molar-refractivity contribution >= 4 is 5.91 Å². The molecule has 1 aliphatic rings. The van der Waals surface area contributed by atoms with E-state index in [9.17, 15) is 4.79 Å². The van der Waals surface area contributed by atoms with Gasteiger partial charge in [0.2, 0.25) is 5.91 Å². The first-order valence-corrected chi connectivity index (χ1v) is 6.25. The molecule has 1 aliphatic heterocycles. The Labute approximate surface area is 99.4 Å². The summed E-state index contributed by atoms with van der Waals surface area (Å²) >= 11 is 0. The standard InChI is InChI=1S/C13H26N2O/c1-9-7-15(8-10(9)2)12(16)6-11(14)13(3,4)5/h9-11H,6-8,14H2,1-5H3. The van der Waals surface area contributed by atoms with Gasteiger partial charge in [0.05, 0.1) is 0 Å². The van der Waals surface area contributed by atoms with Crippen molar-refractivity contribution < 1.29 is 4.79 Å². The van der Waals surface area contributed by atoms with E-state index in [2.05, 4.69) is 34.6 Å². The molecule has 3 atom stereocenters. The van der Waals surface area contributed by atoms with Crippen LogP contribution in [0.3, 0.4) is 0 Å². The molecular weight excluding hydrogens is 200 g/mol. The molecule has 0 saturated carbocycles. The van der Waals surface area contributed by atoms with Gasteiger partial charge in [-0.1, -0.05) is 34.6 Å². The van der Waals surface area contributed by atoms with Crippen molar-refractivity contribution in [2.75, 3.05) is 13.1 Å². The third kappa shape index (κ3) is 3.21. The van der Waals surface area contributed by atoms with Crippen LogP contribution in [-0.4, -0.2) is 29.9 Å². The molecule has 0 spiro atoms. The first-order valence-electron chi connectivity index (χ1n) is 6.25. The molecule has 3 unspecified atom stereocenters. The van der Waals surface area contributed by atoms with Crippen LogP contribution in [0.5, 0.6) is 0 Å². The molecule has 0 aromatic carbocycles. The number of carbonyl (C=O) groups is 1. The topological polar surface area (TPSA) is 46.3 Å². The van der Waals surface area contributed by atoms with Gasteiger partial charge < -0.3 is 10.6 Å². The van der Waals surface area contributed by atoms with E-state index in [0.717, 1.165) is 13.1 Å². The maximum atomic E-state index is 12.0. The summed E-state index contributed by atoms with van der Waals surface area (Å²) in [5.74, 6) is 1.46. The van der Waals surface area contributed by atoms with Crippen LogP contribution in [0.25, 0.3) is 0 Å². The first-order chi connectivity index (χ1) is 7.21. The molecule has 1 saturated heterocycles. The molecule has 3 nitrogen and oxygen atoms in total. The number of hydrogen-bond acceptors (Lipinski definition) is 2. The average Bonchev–Trinajstić information content (AvgIpc) is 2.45. The number of hydrogen-bond donors (Lipinski definition) is 1. The molecule has 94 valence electrons. The minimum atomic E-state index is -0.0498. The Morgan fingerprint density at radius 2 is 1.75 bits per heavy atom. The summed E-state index contributed by atoms with van der Waals surface area (Å²) in [6, 6.07) is -0.0498. The van der Waals surface area contributed by atoms with Crippen molar-refractivity contribution in [2.45, 2.75) is 47.1 Å². The van der Waals surface area contributed by atoms with Crippen molar-refractivity contribution in [3.63, 3.8) is 0 Å². The Kier molecular flexibility index (Phi) is 4.00. The van der Waals surface area contributed by atoms with E-state index in [0.29, 0.717) is 18.3 Å². The van der Waals surface area contributed by atoms with Crippen LogP contribution < -0.4 is 5.73 Å². The SMILES string of the molecule is CC1CN(C(=O)CC(N)C(C)(C)C)CC1C. The lowest BCUT2D eigenvalue weighted by Gasteiger charge is -2.28. The van der Waals surface area contributed by atoms with Gasteiger partial charge in [-0.05, 0) is 17.3 Å². The molecule has 3 heteroatoms. The smallest absolute Gasteiger partial charge is 0.224 e. The number of nitrogens with two attached hydrogens (primary N) is 1. The van der Waals surface area contributed by atoms with Crippen LogP contribution in [0.4, 0.5) is 0 Å². The zero-order valence-electron chi connectivity index (χ0n) is 11.3. The molecule has 0 aromatic rings. The Morgan fingerprint density at radius 1 is 1.31 bits per heavy atom. The third-order valence-electron chi connectivity index (χ3n) is 3.85. The van der Waals surface area contributed by atoms with Gasteiger partial charge in [0.15, 0.2) is 0 Å². The number of nitrogens with zero attached hydrogens (tertiary/aromatic N) is 1. The summed E-state index contributed by atoms with van der Waals surface area (Å²) in [5.41, 5.74) is 6.05. The normalized spacial score (nSPS) is 28.2. The second-order valence-electron chi connectivity index (χ2n) is 6.43. The minimum Gasteiger partial charge on any atom is -0.342 e. The number of likely N-dealkylation sites (tertiary alicyclic amines) is 1. The van der Waals surface area contributed by atoms with E-state index < -0.39 is 0 Å². The van der Waals surface area contributed by atoms with Crippen LogP contribution in [0.15, 0.2) is 0 Å². The van der Waals surface area contributed by atoms with Crippen LogP contribution in [0.2, 0.25) is 0 Å². The van der Waals surface area contributed by atoms with Gasteiger partial charge in [0, 0.05) is 25.6 Å². The third-order valence-corrected chi connectivity index (χ3v) is 3.85. The van der Waals surface area contributed by atoms with E-state index in [1.54, 1.807) is 0 Å². The van der Waals surface area contributed by atoms with E-state index in [1.165, 1.54) is 0 Å². The van der Waals surface area contributed by atoms with Gasteiger partial charge in [0.25, 0.3) is 0 Å². The Bertz CT molecular complexity index is 247. The van der Waals surface area contributed by atoms with Crippen molar-refractivity contribution in [2.24, 2.45) is 23.0 Å². The van der Waals surface area contributed by atoms with Gasteiger partial charge in [0.1, 0.15) is 0 Å².